The Kier molecular flexibility index (Phi) is 4.74. The van der Waals surface area contributed by atoms with E-state index in [4.69, 9.17) is 5.73 Å². The first kappa shape index (κ1) is 15.7. The Bertz CT molecular complexity index is 486. The highest BCUT2D eigenvalue weighted by molar-refractivity contribution is 5.73. The monoisotopic (exact) mass is 304 g/mol. The van der Waals surface area contributed by atoms with E-state index in [9.17, 15) is 18.0 Å². The van der Waals surface area contributed by atoms with Crippen LogP contribution in [0.2, 0.25) is 0 Å². The van der Waals surface area contributed by atoms with Crippen molar-refractivity contribution in [3.8, 4) is 0 Å². The zero-order chi connectivity index (χ0) is 15.5. The van der Waals surface area contributed by atoms with Gasteiger partial charge in [-0.25, -0.2) is 0 Å². The Labute approximate surface area is 120 Å². The number of rotatable bonds is 5. The van der Waals surface area contributed by atoms with Gasteiger partial charge in [0.05, 0.1) is 5.92 Å². The molecule has 1 heterocycles. The van der Waals surface area contributed by atoms with E-state index in [0.29, 0.717) is 25.2 Å². The standard InChI is InChI=1S/C13H19F3N4O/c14-13(15,16)9-2-1-3-10(8-9)18-12-5-7-20(19-12)6-4-11(17)21/h5,7,9-10H,1-4,6,8H2,(H2,17,21)(H,18,19). The summed E-state index contributed by atoms with van der Waals surface area (Å²) in [7, 11) is 0. The number of primary amides is 1. The summed E-state index contributed by atoms with van der Waals surface area (Å²) in [5.74, 6) is -1.12. The SMILES string of the molecule is NC(=O)CCn1ccc(NC2CCCC(C(F)(F)F)C2)n1. The van der Waals surface area contributed by atoms with Crippen LogP contribution in [0.25, 0.3) is 0 Å². The maximum atomic E-state index is 12.7. The average molecular weight is 304 g/mol. The summed E-state index contributed by atoms with van der Waals surface area (Å²) >= 11 is 0. The van der Waals surface area contributed by atoms with Crippen LogP contribution in [0.3, 0.4) is 0 Å². The van der Waals surface area contributed by atoms with Crippen LogP contribution in [0.4, 0.5) is 19.0 Å². The van der Waals surface area contributed by atoms with E-state index < -0.39 is 18.0 Å². The van der Waals surface area contributed by atoms with Crippen LogP contribution in [-0.2, 0) is 11.3 Å². The molecule has 21 heavy (non-hydrogen) atoms. The first-order chi connectivity index (χ1) is 9.84. The molecule has 1 amide bonds. The molecule has 5 nitrogen and oxygen atoms in total. The van der Waals surface area contributed by atoms with E-state index in [-0.39, 0.29) is 25.3 Å². The number of carbonyl (C=O) groups is 1. The van der Waals surface area contributed by atoms with Crippen LogP contribution in [0, 0.1) is 5.92 Å². The molecule has 0 saturated heterocycles. The molecule has 1 aliphatic rings. The number of alkyl halides is 3. The number of halogens is 3. The molecule has 1 saturated carbocycles. The van der Waals surface area contributed by atoms with Gasteiger partial charge >= 0.3 is 6.18 Å². The smallest absolute Gasteiger partial charge is 0.370 e. The van der Waals surface area contributed by atoms with Crippen molar-refractivity contribution in [2.24, 2.45) is 11.7 Å². The van der Waals surface area contributed by atoms with Crippen LogP contribution < -0.4 is 11.1 Å². The molecule has 1 aromatic heterocycles. The van der Waals surface area contributed by atoms with Crippen LogP contribution in [0.1, 0.15) is 32.1 Å². The Balaban J connectivity index is 1.88. The fourth-order valence-corrected chi connectivity index (χ4v) is 2.62. The predicted octanol–water partition coefficient (Wildman–Crippen LogP) is 2.29. The second-order valence-corrected chi connectivity index (χ2v) is 5.43. The second-order valence-electron chi connectivity index (χ2n) is 5.43. The summed E-state index contributed by atoms with van der Waals surface area (Å²) in [5, 5.41) is 7.22. The molecule has 2 atom stereocenters. The molecule has 8 heteroatoms. The lowest BCUT2D eigenvalue weighted by Gasteiger charge is -2.31. The van der Waals surface area contributed by atoms with Gasteiger partial charge < -0.3 is 11.1 Å². The molecule has 0 radical (unpaired) electrons. The van der Waals surface area contributed by atoms with Crippen LogP contribution in [0.5, 0.6) is 0 Å². The lowest BCUT2D eigenvalue weighted by Crippen LogP contribution is -2.34. The highest BCUT2D eigenvalue weighted by atomic mass is 19.4. The Morgan fingerprint density at radius 3 is 2.90 bits per heavy atom. The molecule has 118 valence electrons. The van der Waals surface area contributed by atoms with Gasteiger partial charge in [0.15, 0.2) is 0 Å². The van der Waals surface area contributed by atoms with Crippen LogP contribution in [0.15, 0.2) is 12.3 Å². The number of hydrogen-bond donors (Lipinski definition) is 2. The van der Waals surface area contributed by atoms with Crippen LogP contribution in [-0.4, -0.2) is 27.9 Å². The molecule has 1 aliphatic carbocycles. The minimum absolute atomic E-state index is 0.0810. The van der Waals surface area contributed by atoms with E-state index in [2.05, 4.69) is 10.4 Å². The number of amides is 1. The fourth-order valence-electron chi connectivity index (χ4n) is 2.62. The van der Waals surface area contributed by atoms with Gasteiger partial charge in [-0.15, -0.1) is 0 Å². The molecule has 1 fully saturated rings. The third-order valence-electron chi connectivity index (χ3n) is 3.72. The van der Waals surface area contributed by atoms with Gasteiger partial charge in [0.25, 0.3) is 0 Å². The van der Waals surface area contributed by atoms with Crippen molar-refractivity contribution in [2.75, 3.05) is 5.32 Å². The summed E-state index contributed by atoms with van der Waals surface area (Å²) in [6.45, 7) is 0.368. The average Bonchev–Trinajstić information content (AvgIpc) is 2.83. The number of carbonyl (C=O) groups excluding carboxylic acids is 1. The number of nitrogens with one attached hydrogen (secondary N) is 1. The van der Waals surface area contributed by atoms with Gasteiger partial charge in [0, 0.05) is 31.3 Å². The largest absolute Gasteiger partial charge is 0.391 e. The summed E-state index contributed by atoms with van der Waals surface area (Å²) in [5.41, 5.74) is 5.05. The number of anilines is 1. The zero-order valence-electron chi connectivity index (χ0n) is 11.6. The maximum Gasteiger partial charge on any atom is 0.391 e. The van der Waals surface area contributed by atoms with Crippen molar-refractivity contribution in [3.63, 3.8) is 0 Å². The molecule has 2 unspecified atom stereocenters. The van der Waals surface area contributed by atoms with E-state index in [1.54, 1.807) is 16.9 Å². The molecule has 2 rings (SSSR count). The summed E-state index contributed by atoms with van der Waals surface area (Å²) in [6, 6.07) is 1.47. The molecular weight excluding hydrogens is 285 g/mol. The van der Waals surface area contributed by atoms with Crippen molar-refractivity contribution in [3.05, 3.63) is 12.3 Å². The predicted molar refractivity (Wildman–Crippen MR) is 71.5 cm³/mol. The molecule has 0 spiro atoms. The van der Waals surface area contributed by atoms with E-state index in [1.165, 1.54) is 0 Å². The number of aromatic nitrogens is 2. The van der Waals surface area contributed by atoms with E-state index in [1.807, 2.05) is 0 Å². The minimum Gasteiger partial charge on any atom is -0.370 e. The number of aryl methyl sites for hydroxylation is 1. The summed E-state index contributed by atoms with van der Waals surface area (Å²) in [6.07, 6.45) is -0.714. The Morgan fingerprint density at radius 1 is 1.48 bits per heavy atom. The van der Waals surface area contributed by atoms with Gasteiger partial charge in [-0.3, -0.25) is 9.48 Å². The molecule has 1 aromatic rings. The third kappa shape index (κ3) is 4.64. The second kappa shape index (κ2) is 6.36. The fraction of sp³-hybridized carbons (Fsp3) is 0.692. The number of nitrogens with zero attached hydrogens (tertiary/aromatic N) is 2. The molecule has 0 aromatic carbocycles. The van der Waals surface area contributed by atoms with Gasteiger partial charge in [0.1, 0.15) is 5.82 Å². The normalized spacial score (nSPS) is 23.0. The summed E-state index contributed by atoms with van der Waals surface area (Å²) in [4.78, 5) is 10.7. The van der Waals surface area contributed by atoms with Gasteiger partial charge in [-0.1, -0.05) is 6.42 Å². The van der Waals surface area contributed by atoms with Crippen molar-refractivity contribution in [2.45, 2.75) is 50.9 Å². The minimum atomic E-state index is -4.12. The van der Waals surface area contributed by atoms with Gasteiger partial charge in [-0.05, 0) is 19.3 Å². The van der Waals surface area contributed by atoms with Crippen molar-refractivity contribution in [1.82, 2.24) is 9.78 Å². The first-order valence-corrected chi connectivity index (χ1v) is 6.99. The first-order valence-electron chi connectivity index (χ1n) is 6.99. The summed E-state index contributed by atoms with van der Waals surface area (Å²) < 4.78 is 39.8. The quantitative estimate of drug-likeness (QED) is 0.876. The maximum absolute atomic E-state index is 12.7. The van der Waals surface area contributed by atoms with Crippen molar-refractivity contribution < 1.29 is 18.0 Å². The number of hydrogen-bond acceptors (Lipinski definition) is 3. The van der Waals surface area contributed by atoms with Gasteiger partial charge in [0.2, 0.25) is 5.91 Å². The number of nitrogens with two attached hydrogens (primary N) is 1. The third-order valence-corrected chi connectivity index (χ3v) is 3.72. The zero-order valence-corrected chi connectivity index (χ0v) is 11.6. The molecular formula is C13H19F3N4O. The Hall–Kier alpha value is -1.73. The van der Waals surface area contributed by atoms with Crippen molar-refractivity contribution in [1.29, 1.82) is 0 Å². The van der Waals surface area contributed by atoms with Crippen LogP contribution >= 0.6 is 0 Å². The molecule has 3 N–H and O–H groups in total. The molecule has 0 bridgehead atoms. The van der Waals surface area contributed by atoms with Gasteiger partial charge in [-0.2, -0.15) is 18.3 Å². The lowest BCUT2D eigenvalue weighted by atomic mass is 9.85. The Morgan fingerprint density at radius 2 is 2.24 bits per heavy atom. The van der Waals surface area contributed by atoms with E-state index >= 15 is 0 Å². The molecule has 0 aliphatic heterocycles. The topological polar surface area (TPSA) is 72.9 Å². The van der Waals surface area contributed by atoms with E-state index in [0.717, 1.165) is 0 Å². The van der Waals surface area contributed by atoms with Crippen molar-refractivity contribution >= 4 is 11.7 Å². The highest BCUT2D eigenvalue weighted by Gasteiger charge is 2.42. The lowest BCUT2D eigenvalue weighted by molar-refractivity contribution is -0.182. The highest BCUT2D eigenvalue weighted by Crippen LogP contribution is 2.38.